The maximum absolute atomic E-state index is 12.2. The molecule has 0 aliphatic rings. The Balaban J connectivity index is 1.90. The minimum absolute atomic E-state index is 0.0124. The second kappa shape index (κ2) is 10.7. The molecule has 0 atom stereocenters. The summed E-state index contributed by atoms with van der Waals surface area (Å²) < 4.78 is 27.8. The number of nitrogens with two attached hydrogens (primary N) is 1. The first-order valence-corrected chi connectivity index (χ1v) is 10.7. The lowest BCUT2D eigenvalue weighted by molar-refractivity contribution is -0.115. The summed E-state index contributed by atoms with van der Waals surface area (Å²) in [6, 6.07) is 12.4. The van der Waals surface area contributed by atoms with Gasteiger partial charge in [0.15, 0.2) is 0 Å². The normalized spacial score (nSPS) is 11.1. The van der Waals surface area contributed by atoms with Gasteiger partial charge in [-0.15, -0.1) is 0 Å². The molecule has 0 unspecified atom stereocenters. The first-order chi connectivity index (χ1) is 13.8. The Kier molecular flexibility index (Phi) is 8.32. The summed E-state index contributed by atoms with van der Waals surface area (Å²) in [6.07, 6.45) is 0.777. The average Bonchev–Trinajstić information content (AvgIpc) is 2.67. The van der Waals surface area contributed by atoms with E-state index >= 15 is 0 Å². The molecule has 156 valence electrons. The van der Waals surface area contributed by atoms with Gasteiger partial charge in [0.2, 0.25) is 15.9 Å². The molecule has 4 N–H and O–H groups in total. The van der Waals surface area contributed by atoms with Gasteiger partial charge in [0, 0.05) is 31.0 Å². The van der Waals surface area contributed by atoms with Crippen molar-refractivity contribution in [2.45, 2.75) is 24.7 Å². The highest BCUT2D eigenvalue weighted by molar-refractivity contribution is 7.89. The second-order valence-corrected chi connectivity index (χ2v) is 7.86. The topological polar surface area (TPSA) is 128 Å². The average molecular weight is 420 g/mol. The number of primary sulfonamides is 1. The van der Waals surface area contributed by atoms with Crippen LogP contribution in [0.2, 0.25) is 0 Å². The summed E-state index contributed by atoms with van der Waals surface area (Å²) in [5, 5.41) is 10.6. The quantitative estimate of drug-likeness (QED) is 0.505. The van der Waals surface area contributed by atoms with Crippen LogP contribution in [0.4, 0.5) is 5.69 Å². The molecule has 0 saturated heterocycles. The molecule has 0 fully saturated rings. The van der Waals surface area contributed by atoms with Gasteiger partial charge in [-0.2, -0.15) is 0 Å². The Hall–Kier alpha value is -2.75. The lowest BCUT2D eigenvalue weighted by Crippen LogP contribution is -2.25. The molecule has 2 amide bonds. The van der Waals surface area contributed by atoms with Gasteiger partial charge in [-0.1, -0.05) is 18.2 Å². The number of carbonyl (C=O) groups excluding carboxylic acids is 2. The number of carbonyl (C=O) groups is 2. The molecule has 8 nitrogen and oxygen atoms in total. The third-order valence-electron chi connectivity index (χ3n) is 3.98. The molecule has 0 saturated carbocycles. The second-order valence-electron chi connectivity index (χ2n) is 6.30. The van der Waals surface area contributed by atoms with E-state index in [1.807, 2.05) is 6.92 Å². The summed E-state index contributed by atoms with van der Waals surface area (Å²) in [5.74, 6) is -0.515. The van der Waals surface area contributed by atoms with Gasteiger partial charge in [0.1, 0.15) is 0 Å². The zero-order valence-corrected chi connectivity index (χ0v) is 17.0. The van der Waals surface area contributed by atoms with Gasteiger partial charge in [0.25, 0.3) is 5.91 Å². The van der Waals surface area contributed by atoms with Crippen LogP contribution in [0, 0.1) is 0 Å². The van der Waals surface area contributed by atoms with Crippen molar-refractivity contribution in [1.82, 2.24) is 5.32 Å². The number of ether oxygens (including phenoxy) is 1. The fourth-order valence-electron chi connectivity index (χ4n) is 2.55. The van der Waals surface area contributed by atoms with Gasteiger partial charge in [-0.25, -0.2) is 13.6 Å². The van der Waals surface area contributed by atoms with E-state index in [1.165, 1.54) is 24.3 Å². The molecule has 9 heteroatoms. The number of hydrogen-bond donors (Lipinski definition) is 3. The number of benzene rings is 2. The van der Waals surface area contributed by atoms with Crippen LogP contribution in [0.5, 0.6) is 0 Å². The van der Waals surface area contributed by atoms with E-state index in [4.69, 9.17) is 9.88 Å². The highest BCUT2D eigenvalue weighted by atomic mass is 32.2. The molecule has 2 rings (SSSR count). The third-order valence-corrected chi connectivity index (χ3v) is 4.91. The fourth-order valence-corrected chi connectivity index (χ4v) is 3.06. The number of hydrogen-bond acceptors (Lipinski definition) is 5. The zero-order chi connectivity index (χ0) is 21.3. The van der Waals surface area contributed by atoms with Crippen LogP contribution in [0.3, 0.4) is 0 Å². The summed E-state index contributed by atoms with van der Waals surface area (Å²) in [6.45, 7) is 3.65. The van der Waals surface area contributed by atoms with E-state index < -0.39 is 10.0 Å². The Morgan fingerprint density at radius 2 is 1.83 bits per heavy atom. The maximum Gasteiger partial charge on any atom is 0.251 e. The smallest absolute Gasteiger partial charge is 0.251 e. The van der Waals surface area contributed by atoms with Gasteiger partial charge >= 0.3 is 0 Å². The maximum atomic E-state index is 12.2. The molecule has 0 aliphatic heterocycles. The molecule has 29 heavy (non-hydrogen) atoms. The van der Waals surface area contributed by atoms with Gasteiger partial charge in [-0.3, -0.25) is 9.59 Å². The van der Waals surface area contributed by atoms with Crippen LogP contribution in [0.1, 0.15) is 29.3 Å². The first kappa shape index (κ1) is 22.5. The minimum Gasteiger partial charge on any atom is -0.382 e. The largest absolute Gasteiger partial charge is 0.382 e. The Labute approximate surface area is 170 Å². The van der Waals surface area contributed by atoms with Crippen LogP contribution in [-0.2, 0) is 26.0 Å². The predicted octanol–water partition coefficient (Wildman–Crippen LogP) is 1.67. The fraction of sp³-hybridized carbons (Fsp3) is 0.300. The number of anilines is 1. The van der Waals surface area contributed by atoms with E-state index in [-0.39, 0.29) is 23.1 Å². The highest BCUT2D eigenvalue weighted by Gasteiger charge is 2.10. The van der Waals surface area contributed by atoms with Gasteiger partial charge < -0.3 is 15.4 Å². The monoisotopic (exact) mass is 419 g/mol. The van der Waals surface area contributed by atoms with Crippen molar-refractivity contribution in [3.8, 4) is 0 Å². The highest BCUT2D eigenvalue weighted by Crippen LogP contribution is 2.13. The SMILES string of the molecule is CCOCCCNC(=O)c1cccc(NC(=O)Cc2ccc(S(N)(=O)=O)cc2)c1. The van der Waals surface area contributed by atoms with Crippen molar-refractivity contribution < 1.29 is 22.7 Å². The summed E-state index contributed by atoms with van der Waals surface area (Å²) in [7, 11) is -3.77. The van der Waals surface area contributed by atoms with Crippen LogP contribution >= 0.6 is 0 Å². The zero-order valence-electron chi connectivity index (χ0n) is 16.2. The number of sulfonamides is 1. The first-order valence-electron chi connectivity index (χ1n) is 9.17. The molecule has 2 aromatic rings. The Morgan fingerprint density at radius 1 is 1.10 bits per heavy atom. The van der Waals surface area contributed by atoms with Crippen molar-refractivity contribution in [2.75, 3.05) is 25.1 Å². The van der Waals surface area contributed by atoms with Crippen molar-refractivity contribution >= 4 is 27.5 Å². The number of rotatable bonds is 10. The lowest BCUT2D eigenvalue weighted by Gasteiger charge is -2.09. The molecular weight excluding hydrogens is 394 g/mol. The van der Waals surface area contributed by atoms with E-state index in [0.717, 1.165) is 6.42 Å². The lowest BCUT2D eigenvalue weighted by atomic mass is 10.1. The molecule has 0 bridgehead atoms. The Morgan fingerprint density at radius 3 is 2.48 bits per heavy atom. The predicted molar refractivity (Wildman–Crippen MR) is 110 cm³/mol. The van der Waals surface area contributed by atoms with Crippen molar-refractivity contribution in [3.05, 3.63) is 59.7 Å². The molecular formula is C20H25N3O5S. The van der Waals surface area contributed by atoms with Crippen molar-refractivity contribution in [1.29, 1.82) is 0 Å². The van der Waals surface area contributed by atoms with Gasteiger partial charge in [0.05, 0.1) is 11.3 Å². The van der Waals surface area contributed by atoms with Crippen LogP contribution in [-0.4, -0.2) is 40.0 Å². The Bertz CT molecular complexity index is 943. The standard InChI is InChI=1S/C20H25N3O5S/c1-2-28-12-4-11-22-20(25)16-5-3-6-17(14-16)23-19(24)13-15-7-9-18(10-8-15)29(21,26)27/h3,5-10,14H,2,4,11-13H2,1H3,(H,22,25)(H,23,24)(H2,21,26,27). The number of nitrogens with one attached hydrogen (secondary N) is 2. The summed E-state index contributed by atoms with van der Waals surface area (Å²) in [5.41, 5.74) is 1.58. The van der Waals surface area contributed by atoms with Crippen molar-refractivity contribution in [2.24, 2.45) is 5.14 Å². The van der Waals surface area contributed by atoms with E-state index in [9.17, 15) is 18.0 Å². The molecule has 0 spiro atoms. The molecule has 0 heterocycles. The van der Waals surface area contributed by atoms with E-state index in [1.54, 1.807) is 24.3 Å². The van der Waals surface area contributed by atoms with Crippen LogP contribution in [0.25, 0.3) is 0 Å². The van der Waals surface area contributed by atoms with E-state index in [2.05, 4.69) is 10.6 Å². The molecule has 0 aliphatic carbocycles. The number of amides is 2. The molecule has 0 radical (unpaired) electrons. The molecule has 0 aromatic heterocycles. The van der Waals surface area contributed by atoms with E-state index in [0.29, 0.717) is 36.6 Å². The van der Waals surface area contributed by atoms with Gasteiger partial charge in [-0.05, 0) is 49.2 Å². The summed E-state index contributed by atoms with van der Waals surface area (Å²) >= 11 is 0. The third kappa shape index (κ3) is 7.65. The molecule has 2 aromatic carbocycles. The summed E-state index contributed by atoms with van der Waals surface area (Å²) in [4.78, 5) is 24.4. The van der Waals surface area contributed by atoms with Crippen LogP contribution < -0.4 is 15.8 Å². The van der Waals surface area contributed by atoms with Crippen LogP contribution in [0.15, 0.2) is 53.4 Å². The minimum atomic E-state index is -3.77. The van der Waals surface area contributed by atoms with Crippen molar-refractivity contribution in [3.63, 3.8) is 0 Å².